The van der Waals surface area contributed by atoms with Gasteiger partial charge in [-0.25, -0.2) is 0 Å². The van der Waals surface area contributed by atoms with Crippen LogP contribution in [0.2, 0.25) is 0 Å². The number of aryl methyl sites for hydroxylation is 1. The summed E-state index contributed by atoms with van der Waals surface area (Å²) >= 11 is 0. The summed E-state index contributed by atoms with van der Waals surface area (Å²) in [6.45, 7) is 4.53. The van der Waals surface area contributed by atoms with Crippen LogP contribution < -0.4 is 10.2 Å². The molecule has 1 fully saturated rings. The average molecular weight is 260 g/mol. The number of anilines is 2. The number of hydrogen-bond donors (Lipinski definition) is 1. The topological polar surface area (TPSA) is 15.3 Å². The van der Waals surface area contributed by atoms with Crippen LogP contribution in [-0.4, -0.2) is 20.1 Å². The Bertz CT molecular complexity index is 412. The monoisotopic (exact) mass is 260 g/mol. The van der Waals surface area contributed by atoms with Crippen molar-refractivity contribution < 1.29 is 0 Å². The molecule has 2 atom stereocenters. The first kappa shape index (κ1) is 14.2. The molecule has 1 aliphatic carbocycles. The first-order chi connectivity index (χ1) is 9.11. The fourth-order valence-corrected chi connectivity index (χ4v) is 3.17. The van der Waals surface area contributed by atoms with Gasteiger partial charge in [0.05, 0.1) is 0 Å². The highest BCUT2D eigenvalue weighted by atomic mass is 15.1. The molecule has 1 N–H and O–H groups in total. The van der Waals surface area contributed by atoms with E-state index in [4.69, 9.17) is 0 Å². The van der Waals surface area contributed by atoms with Gasteiger partial charge < -0.3 is 10.2 Å². The molecule has 2 unspecified atom stereocenters. The first-order valence-corrected chi connectivity index (χ1v) is 7.66. The lowest BCUT2D eigenvalue weighted by atomic mass is 9.82. The number of nitrogens with one attached hydrogen (secondary N) is 1. The van der Waals surface area contributed by atoms with Crippen LogP contribution in [0.4, 0.5) is 11.4 Å². The van der Waals surface area contributed by atoms with Crippen molar-refractivity contribution in [1.82, 2.24) is 0 Å². The lowest BCUT2D eigenvalue weighted by Crippen LogP contribution is -2.32. The molecular formula is C17H28N2. The van der Waals surface area contributed by atoms with Crippen molar-refractivity contribution in [1.29, 1.82) is 0 Å². The van der Waals surface area contributed by atoms with Gasteiger partial charge >= 0.3 is 0 Å². The van der Waals surface area contributed by atoms with Crippen LogP contribution >= 0.6 is 0 Å². The highest BCUT2D eigenvalue weighted by Gasteiger charge is 2.23. The number of nitrogens with zero attached hydrogens (tertiary/aromatic N) is 1. The minimum absolute atomic E-state index is 0.669. The SMILES string of the molecule is CCC1CCCCC1Nc1ccc(N(C)C)cc1C. The molecule has 1 saturated carbocycles. The molecule has 1 aliphatic rings. The Morgan fingerprint density at radius 1 is 1.21 bits per heavy atom. The normalized spacial score (nSPS) is 23.2. The van der Waals surface area contributed by atoms with Gasteiger partial charge in [-0.3, -0.25) is 0 Å². The van der Waals surface area contributed by atoms with E-state index in [2.05, 4.69) is 56.4 Å². The standard InChI is InChI=1S/C17H28N2/c1-5-14-8-6-7-9-17(14)18-16-11-10-15(19(3)4)12-13(16)2/h10-12,14,17-18H,5-9H2,1-4H3. The molecule has 106 valence electrons. The summed E-state index contributed by atoms with van der Waals surface area (Å²) in [4.78, 5) is 2.16. The number of benzene rings is 1. The molecule has 0 radical (unpaired) electrons. The van der Waals surface area contributed by atoms with E-state index in [1.807, 2.05) is 0 Å². The lowest BCUT2D eigenvalue weighted by Gasteiger charge is -2.33. The summed E-state index contributed by atoms with van der Waals surface area (Å²) in [6, 6.07) is 7.39. The van der Waals surface area contributed by atoms with Crippen molar-refractivity contribution in [2.75, 3.05) is 24.3 Å². The Kier molecular flexibility index (Phi) is 4.73. The maximum absolute atomic E-state index is 3.80. The molecule has 0 bridgehead atoms. The summed E-state index contributed by atoms with van der Waals surface area (Å²) in [5.41, 5.74) is 3.95. The summed E-state index contributed by atoms with van der Waals surface area (Å²) in [5, 5.41) is 3.80. The summed E-state index contributed by atoms with van der Waals surface area (Å²) < 4.78 is 0. The Labute approximate surface area is 118 Å². The van der Waals surface area contributed by atoms with Crippen molar-refractivity contribution in [2.45, 2.75) is 52.0 Å². The summed E-state index contributed by atoms with van der Waals surface area (Å²) in [6.07, 6.45) is 6.81. The second kappa shape index (κ2) is 6.31. The quantitative estimate of drug-likeness (QED) is 0.861. The van der Waals surface area contributed by atoms with E-state index >= 15 is 0 Å². The molecule has 1 aromatic carbocycles. The predicted molar refractivity (Wildman–Crippen MR) is 85.2 cm³/mol. The van der Waals surface area contributed by atoms with Crippen LogP contribution in [0.1, 0.15) is 44.6 Å². The third-order valence-corrected chi connectivity index (χ3v) is 4.50. The molecule has 0 spiro atoms. The van der Waals surface area contributed by atoms with E-state index in [1.54, 1.807) is 0 Å². The molecular weight excluding hydrogens is 232 g/mol. The van der Waals surface area contributed by atoms with Gasteiger partial charge in [0.15, 0.2) is 0 Å². The summed E-state index contributed by atoms with van der Waals surface area (Å²) in [5.74, 6) is 0.849. The Hall–Kier alpha value is -1.18. The van der Waals surface area contributed by atoms with Gasteiger partial charge in [-0.1, -0.05) is 26.2 Å². The first-order valence-electron chi connectivity index (χ1n) is 7.66. The third-order valence-electron chi connectivity index (χ3n) is 4.50. The number of rotatable bonds is 4. The predicted octanol–water partition coefficient (Wildman–Crippen LogP) is 4.44. The van der Waals surface area contributed by atoms with Gasteiger partial charge in [0.1, 0.15) is 0 Å². The maximum atomic E-state index is 3.80. The molecule has 0 heterocycles. The molecule has 2 rings (SSSR count). The van der Waals surface area contributed by atoms with Crippen molar-refractivity contribution in [3.05, 3.63) is 23.8 Å². The zero-order valence-electron chi connectivity index (χ0n) is 12.9. The third kappa shape index (κ3) is 3.43. The van der Waals surface area contributed by atoms with Gasteiger partial charge in [-0.05, 0) is 49.4 Å². The zero-order valence-corrected chi connectivity index (χ0v) is 12.9. The Morgan fingerprint density at radius 2 is 1.95 bits per heavy atom. The lowest BCUT2D eigenvalue weighted by molar-refractivity contribution is 0.317. The Morgan fingerprint density at radius 3 is 2.58 bits per heavy atom. The second-order valence-corrected chi connectivity index (χ2v) is 6.10. The zero-order chi connectivity index (χ0) is 13.8. The minimum Gasteiger partial charge on any atom is -0.382 e. The summed E-state index contributed by atoms with van der Waals surface area (Å²) in [7, 11) is 4.19. The van der Waals surface area contributed by atoms with E-state index in [0.29, 0.717) is 6.04 Å². The van der Waals surface area contributed by atoms with E-state index < -0.39 is 0 Å². The molecule has 0 saturated heterocycles. The van der Waals surface area contributed by atoms with Crippen LogP contribution in [0, 0.1) is 12.8 Å². The van der Waals surface area contributed by atoms with E-state index in [-0.39, 0.29) is 0 Å². The highest BCUT2D eigenvalue weighted by Crippen LogP contribution is 2.31. The minimum atomic E-state index is 0.669. The van der Waals surface area contributed by atoms with E-state index in [0.717, 1.165) is 5.92 Å². The molecule has 0 amide bonds. The Balaban J connectivity index is 2.09. The van der Waals surface area contributed by atoms with Crippen LogP contribution in [0.3, 0.4) is 0 Å². The fourth-order valence-electron chi connectivity index (χ4n) is 3.17. The largest absolute Gasteiger partial charge is 0.382 e. The van der Waals surface area contributed by atoms with Gasteiger partial charge in [0, 0.05) is 31.5 Å². The molecule has 2 nitrogen and oxygen atoms in total. The van der Waals surface area contributed by atoms with Crippen molar-refractivity contribution in [3.63, 3.8) is 0 Å². The van der Waals surface area contributed by atoms with E-state index in [9.17, 15) is 0 Å². The van der Waals surface area contributed by atoms with Crippen LogP contribution in [-0.2, 0) is 0 Å². The van der Waals surface area contributed by atoms with Crippen molar-refractivity contribution in [2.24, 2.45) is 5.92 Å². The maximum Gasteiger partial charge on any atom is 0.0373 e. The fraction of sp³-hybridized carbons (Fsp3) is 0.647. The molecule has 0 aromatic heterocycles. The second-order valence-electron chi connectivity index (χ2n) is 6.10. The van der Waals surface area contributed by atoms with Gasteiger partial charge in [-0.2, -0.15) is 0 Å². The van der Waals surface area contributed by atoms with Gasteiger partial charge in [0.2, 0.25) is 0 Å². The van der Waals surface area contributed by atoms with Gasteiger partial charge in [0.25, 0.3) is 0 Å². The molecule has 0 aliphatic heterocycles. The van der Waals surface area contributed by atoms with Gasteiger partial charge in [-0.15, -0.1) is 0 Å². The molecule has 2 heteroatoms. The number of hydrogen-bond acceptors (Lipinski definition) is 2. The average Bonchev–Trinajstić information content (AvgIpc) is 2.41. The van der Waals surface area contributed by atoms with Crippen molar-refractivity contribution in [3.8, 4) is 0 Å². The van der Waals surface area contributed by atoms with E-state index in [1.165, 1.54) is 49.0 Å². The van der Waals surface area contributed by atoms with Crippen molar-refractivity contribution >= 4 is 11.4 Å². The molecule has 19 heavy (non-hydrogen) atoms. The van der Waals surface area contributed by atoms with Crippen LogP contribution in [0.25, 0.3) is 0 Å². The highest BCUT2D eigenvalue weighted by molar-refractivity contribution is 5.60. The smallest absolute Gasteiger partial charge is 0.0373 e. The van der Waals surface area contributed by atoms with Crippen LogP contribution in [0.15, 0.2) is 18.2 Å². The van der Waals surface area contributed by atoms with Crippen LogP contribution in [0.5, 0.6) is 0 Å². The molecule has 1 aromatic rings.